The van der Waals surface area contributed by atoms with Crippen molar-refractivity contribution in [3.63, 3.8) is 0 Å². The van der Waals surface area contributed by atoms with Crippen LogP contribution in [0.2, 0.25) is 0 Å². The van der Waals surface area contributed by atoms with Gasteiger partial charge in [0.2, 0.25) is 17.6 Å². The van der Waals surface area contributed by atoms with Gasteiger partial charge in [0.15, 0.2) is 0 Å². The molecule has 2 aliphatic rings. The number of hydrogen-bond acceptors (Lipinski definition) is 6. The standard InChI is InChI=1S/C20H25BrN4O3/c21-16-6-1-4-14(10-16)19-23-18(28-24-19)13-25-8-2-5-15(12-25)20(26)22-11-17-7-3-9-27-17/h1,4,6,10,15,17H,2-3,5,7-9,11-13H2,(H,22,26). The molecule has 2 aliphatic heterocycles. The number of piperidine rings is 1. The number of halogens is 1. The van der Waals surface area contributed by atoms with Crippen molar-refractivity contribution in [2.24, 2.45) is 5.92 Å². The van der Waals surface area contributed by atoms with Gasteiger partial charge in [0, 0.05) is 29.7 Å². The van der Waals surface area contributed by atoms with Gasteiger partial charge in [0.25, 0.3) is 0 Å². The molecule has 2 aromatic rings. The van der Waals surface area contributed by atoms with Crippen LogP contribution in [0.1, 0.15) is 31.6 Å². The Morgan fingerprint density at radius 2 is 2.25 bits per heavy atom. The van der Waals surface area contributed by atoms with Gasteiger partial charge in [0.1, 0.15) is 0 Å². The van der Waals surface area contributed by atoms with E-state index in [1.54, 1.807) is 0 Å². The minimum atomic E-state index is 0.00243. The van der Waals surface area contributed by atoms with Crippen molar-refractivity contribution in [3.05, 3.63) is 34.6 Å². The number of nitrogens with zero attached hydrogens (tertiary/aromatic N) is 3. The van der Waals surface area contributed by atoms with Crippen molar-refractivity contribution in [3.8, 4) is 11.4 Å². The molecule has 3 heterocycles. The normalized spacial score (nSPS) is 23.0. The van der Waals surface area contributed by atoms with Gasteiger partial charge in [-0.05, 0) is 44.4 Å². The second-order valence-corrected chi connectivity index (χ2v) is 8.39. The predicted octanol–water partition coefficient (Wildman–Crippen LogP) is 3.01. The summed E-state index contributed by atoms with van der Waals surface area (Å²) in [5.74, 6) is 1.29. The quantitative estimate of drug-likeness (QED) is 0.731. The lowest BCUT2D eigenvalue weighted by Gasteiger charge is -2.31. The van der Waals surface area contributed by atoms with Crippen molar-refractivity contribution >= 4 is 21.8 Å². The molecule has 0 saturated carbocycles. The van der Waals surface area contributed by atoms with E-state index >= 15 is 0 Å². The zero-order chi connectivity index (χ0) is 19.3. The molecule has 0 aliphatic carbocycles. The summed E-state index contributed by atoms with van der Waals surface area (Å²) in [6.45, 7) is 3.64. The van der Waals surface area contributed by atoms with Gasteiger partial charge in [0.05, 0.1) is 18.6 Å². The Hall–Kier alpha value is -1.77. The van der Waals surface area contributed by atoms with E-state index in [0.717, 1.165) is 48.9 Å². The first-order valence-electron chi connectivity index (χ1n) is 9.87. The van der Waals surface area contributed by atoms with Crippen molar-refractivity contribution in [1.29, 1.82) is 0 Å². The Kier molecular flexibility index (Phi) is 6.39. The lowest BCUT2D eigenvalue weighted by Crippen LogP contribution is -2.44. The molecule has 2 unspecified atom stereocenters. The van der Waals surface area contributed by atoms with Gasteiger partial charge in [-0.2, -0.15) is 4.98 Å². The number of benzene rings is 1. The van der Waals surface area contributed by atoms with Gasteiger partial charge < -0.3 is 14.6 Å². The highest BCUT2D eigenvalue weighted by Gasteiger charge is 2.27. The summed E-state index contributed by atoms with van der Waals surface area (Å²) in [6.07, 6.45) is 4.21. The maximum atomic E-state index is 12.5. The fourth-order valence-electron chi connectivity index (χ4n) is 3.83. The first-order chi connectivity index (χ1) is 13.7. The number of carbonyl (C=O) groups is 1. The molecule has 7 nitrogen and oxygen atoms in total. The lowest BCUT2D eigenvalue weighted by molar-refractivity contribution is -0.127. The van der Waals surface area contributed by atoms with E-state index in [9.17, 15) is 4.79 Å². The summed E-state index contributed by atoms with van der Waals surface area (Å²) in [6, 6.07) is 7.82. The van der Waals surface area contributed by atoms with Crippen molar-refractivity contribution < 1.29 is 14.1 Å². The van der Waals surface area contributed by atoms with E-state index in [0.29, 0.717) is 31.3 Å². The van der Waals surface area contributed by atoms with Crippen LogP contribution in [0.3, 0.4) is 0 Å². The monoisotopic (exact) mass is 448 g/mol. The summed E-state index contributed by atoms with van der Waals surface area (Å²) in [7, 11) is 0. The average Bonchev–Trinajstić information content (AvgIpc) is 3.38. The fourth-order valence-corrected chi connectivity index (χ4v) is 4.23. The molecule has 1 N–H and O–H groups in total. The van der Waals surface area contributed by atoms with Gasteiger partial charge in [-0.1, -0.05) is 33.2 Å². The molecule has 1 aromatic heterocycles. The minimum absolute atomic E-state index is 0.00243. The van der Waals surface area contributed by atoms with E-state index in [1.807, 2.05) is 24.3 Å². The van der Waals surface area contributed by atoms with Gasteiger partial charge in [-0.25, -0.2) is 0 Å². The van der Waals surface area contributed by atoms with Crippen molar-refractivity contribution in [2.45, 2.75) is 38.3 Å². The van der Waals surface area contributed by atoms with Crippen LogP contribution in [-0.4, -0.2) is 53.3 Å². The Labute approximate surface area is 172 Å². The molecule has 2 saturated heterocycles. The van der Waals surface area contributed by atoms with Gasteiger partial charge >= 0.3 is 0 Å². The highest BCUT2D eigenvalue weighted by atomic mass is 79.9. The molecule has 28 heavy (non-hydrogen) atoms. The highest BCUT2D eigenvalue weighted by molar-refractivity contribution is 9.10. The molecule has 8 heteroatoms. The van der Waals surface area contributed by atoms with Gasteiger partial charge in [-0.3, -0.25) is 9.69 Å². The summed E-state index contributed by atoms with van der Waals surface area (Å²) in [4.78, 5) is 19.3. The third-order valence-electron chi connectivity index (χ3n) is 5.31. The fraction of sp³-hybridized carbons (Fsp3) is 0.550. The molecule has 4 rings (SSSR count). The topological polar surface area (TPSA) is 80.5 Å². The second-order valence-electron chi connectivity index (χ2n) is 7.48. The van der Waals surface area contributed by atoms with E-state index in [2.05, 4.69) is 36.3 Å². The highest BCUT2D eigenvalue weighted by Crippen LogP contribution is 2.22. The number of aromatic nitrogens is 2. The maximum absolute atomic E-state index is 12.5. The number of ether oxygens (including phenoxy) is 1. The minimum Gasteiger partial charge on any atom is -0.376 e. The van der Waals surface area contributed by atoms with Crippen LogP contribution >= 0.6 is 15.9 Å². The molecule has 0 radical (unpaired) electrons. The first-order valence-corrected chi connectivity index (χ1v) is 10.7. The van der Waals surface area contributed by atoms with Crippen LogP contribution in [-0.2, 0) is 16.1 Å². The molecule has 0 spiro atoms. The Bertz CT molecular complexity index is 806. The summed E-state index contributed by atoms with van der Waals surface area (Å²) in [5.41, 5.74) is 0.911. The van der Waals surface area contributed by atoms with E-state index < -0.39 is 0 Å². The Morgan fingerprint density at radius 3 is 3.07 bits per heavy atom. The number of rotatable bonds is 6. The zero-order valence-electron chi connectivity index (χ0n) is 15.8. The number of nitrogens with one attached hydrogen (secondary N) is 1. The Morgan fingerprint density at radius 1 is 1.32 bits per heavy atom. The smallest absolute Gasteiger partial charge is 0.241 e. The molecule has 0 bridgehead atoms. The van der Waals surface area contributed by atoms with Crippen LogP contribution in [0.25, 0.3) is 11.4 Å². The summed E-state index contributed by atoms with van der Waals surface area (Å²) < 4.78 is 12.0. The molecule has 2 atom stereocenters. The molecular weight excluding hydrogens is 424 g/mol. The third-order valence-corrected chi connectivity index (χ3v) is 5.81. The first kappa shape index (κ1) is 19.5. The number of carbonyl (C=O) groups excluding carboxylic acids is 1. The third kappa shape index (κ3) is 4.98. The number of likely N-dealkylation sites (tertiary alicyclic amines) is 1. The number of hydrogen-bond donors (Lipinski definition) is 1. The molecule has 2 fully saturated rings. The Balaban J connectivity index is 1.30. The second kappa shape index (κ2) is 9.15. The van der Waals surface area contributed by atoms with Crippen LogP contribution in [0, 0.1) is 5.92 Å². The maximum Gasteiger partial charge on any atom is 0.241 e. The number of amides is 1. The largest absolute Gasteiger partial charge is 0.376 e. The SMILES string of the molecule is O=C(NCC1CCCO1)C1CCCN(Cc2nc(-c3cccc(Br)c3)no2)C1. The lowest BCUT2D eigenvalue weighted by atomic mass is 9.97. The van der Waals surface area contributed by atoms with Crippen LogP contribution in [0.5, 0.6) is 0 Å². The molecule has 1 aromatic carbocycles. The van der Waals surface area contributed by atoms with E-state index in [4.69, 9.17) is 9.26 Å². The van der Waals surface area contributed by atoms with Gasteiger partial charge in [-0.15, -0.1) is 0 Å². The average molecular weight is 449 g/mol. The summed E-state index contributed by atoms with van der Waals surface area (Å²) >= 11 is 3.46. The zero-order valence-corrected chi connectivity index (χ0v) is 17.4. The van der Waals surface area contributed by atoms with Crippen LogP contribution < -0.4 is 5.32 Å². The van der Waals surface area contributed by atoms with E-state index in [1.165, 1.54) is 0 Å². The molecular formula is C20H25BrN4O3. The predicted molar refractivity (Wildman–Crippen MR) is 107 cm³/mol. The molecule has 1 amide bonds. The van der Waals surface area contributed by atoms with Crippen molar-refractivity contribution in [2.75, 3.05) is 26.2 Å². The van der Waals surface area contributed by atoms with Crippen molar-refractivity contribution in [1.82, 2.24) is 20.4 Å². The van der Waals surface area contributed by atoms with E-state index in [-0.39, 0.29) is 17.9 Å². The molecule has 150 valence electrons. The van der Waals surface area contributed by atoms with Crippen LogP contribution in [0.4, 0.5) is 0 Å². The summed E-state index contributed by atoms with van der Waals surface area (Å²) in [5, 5.41) is 7.16. The van der Waals surface area contributed by atoms with Crippen LogP contribution in [0.15, 0.2) is 33.3 Å².